The number of nitrogens with one attached hydrogen (secondary N) is 1. The largest absolute Gasteiger partial charge is 0.504 e. The number of phenols is 1. The van der Waals surface area contributed by atoms with Crippen LogP contribution in [0.2, 0.25) is 0 Å². The van der Waals surface area contributed by atoms with Gasteiger partial charge in [0.25, 0.3) is 5.91 Å². The number of amides is 1. The number of nitrogens with zero attached hydrogens (tertiary/aromatic N) is 1. The van der Waals surface area contributed by atoms with Crippen LogP contribution < -0.4 is 14.9 Å². The number of aliphatic hydroxyl groups is 1. The fraction of sp³-hybridized carbons (Fsp3) is 0.176. The van der Waals surface area contributed by atoms with Crippen LogP contribution in [0.5, 0.6) is 17.2 Å². The van der Waals surface area contributed by atoms with Crippen LogP contribution in [-0.4, -0.2) is 36.6 Å². The molecule has 0 bridgehead atoms. The van der Waals surface area contributed by atoms with E-state index in [2.05, 4.69) is 10.5 Å². The summed E-state index contributed by atoms with van der Waals surface area (Å²) >= 11 is 0. The predicted molar refractivity (Wildman–Crippen MR) is 88.3 cm³/mol. The van der Waals surface area contributed by atoms with Crippen molar-refractivity contribution in [1.82, 2.24) is 5.43 Å². The maximum Gasteiger partial charge on any atom is 0.273 e. The third kappa shape index (κ3) is 4.23. The van der Waals surface area contributed by atoms with Gasteiger partial charge in [0.15, 0.2) is 17.6 Å². The zero-order valence-corrected chi connectivity index (χ0v) is 13.3. The molecule has 2 aromatic carbocycles. The predicted octanol–water partition coefficient (Wildman–Crippen LogP) is 1.59. The molecule has 24 heavy (non-hydrogen) atoms. The van der Waals surface area contributed by atoms with E-state index in [1.807, 2.05) is 0 Å². The Hall–Kier alpha value is -3.06. The van der Waals surface area contributed by atoms with Gasteiger partial charge >= 0.3 is 0 Å². The summed E-state index contributed by atoms with van der Waals surface area (Å²) in [5.41, 5.74) is 3.30. The minimum absolute atomic E-state index is 0.00798. The second-order valence-corrected chi connectivity index (χ2v) is 4.84. The molecular weight excluding hydrogens is 312 g/mol. The van der Waals surface area contributed by atoms with Gasteiger partial charge in [-0.05, 0) is 41.5 Å². The molecule has 1 unspecified atom stereocenters. The minimum Gasteiger partial charge on any atom is -0.504 e. The van der Waals surface area contributed by atoms with Gasteiger partial charge in [-0.15, -0.1) is 0 Å². The van der Waals surface area contributed by atoms with Crippen molar-refractivity contribution >= 4 is 12.1 Å². The van der Waals surface area contributed by atoms with Crippen molar-refractivity contribution in [3.8, 4) is 17.2 Å². The van der Waals surface area contributed by atoms with Gasteiger partial charge in [0, 0.05) is 0 Å². The molecule has 0 spiro atoms. The number of hydrazone groups is 1. The average molecular weight is 330 g/mol. The maximum absolute atomic E-state index is 11.9. The quantitative estimate of drug-likeness (QED) is 0.552. The number of carbonyl (C=O) groups is 1. The highest BCUT2D eigenvalue weighted by Crippen LogP contribution is 2.25. The highest BCUT2D eigenvalue weighted by atomic mass is 16.5. The zero-order chi connectivity index (χ0) is 17.5. The molecule has 1 atom stereocenters. The van der Waals surface area contributed by atoms with Crippen LogP contribution in [0.15, 0.2) is 47.6 Å². The van der Waals surface area contributed by atoms with E-state index in [0.717, 1.165) is 0 Å². The van der Waals surface area contributed by atoms with E-state index in [1.54, 1.807) is 36.4 Å². The van der Waals surface area contributed by atoms with Crippen LogP contribution in [0.25, 0.3) is 0 Å². The highest BCUT2D eigenvalue weighted by molar-refractivity contribution is 5.85. The first-order valence-electron chi connectivity index (χ1n) is 7.07. The molecule has 0 radical (unpaired) electrons. The lowest BCUT2D eigenvalue weighted by Crippen LogP contribution is -2.25. The van der Waals surface area contributed by atoms with E-state index in [1.165, 1.54) is 26.5 Å². The van der Waals surface area contributed by atoms with Gasteiger partial charge in [-0.1, -0.05) is 12.1 Å². The van der Waals surface area contributed by atoms with Gasteiger partial charge in [0.05, 0.1) is 20.4 Å². The first-order valence-corrected chi connectivity index (χ1v) is 7.07. The van der Waals surface area contributed by atoms with Crippen molar-refractivity contribution in [2.24, 2.45) is 5.10 Å². The summed E-state index contributed by atoms with van der Waals surface area (Å²) in [6.45, 7) is 0. The van der Waals surface area contributed by atoms with E-state index >= 15 is 0 Å². The number of hydrogen-bond acceptors (Lipinski definition) is 6. The summed E-state index contributed by atoms with van der Waals surface area (Å²) in [4.78, 5) is 11.9. The van der Waals surface area contributed by atoms with E-state index in [0.29, 0.717) is 22.6 Å². The van der Waals surface area contributed by atoms with Gasteiger partial charge in [0.2, 0.25) is 0 Å². The molecule has 0 aliphatic carbocycles. The summed E-state index contributed by atoms with van der Waals surface area (Å²) in [6, 6.07) is 11.1. The van der Waals surface area contributed by atoms with Gasteiger partial charge in [-0.3, -0.25) is 4.79 Å². The normalized spacial score (nSPS) is 12.0. The number of carbonyl (C=O) groups excluding carboxylic acids is 1. The molecule has 0 saturated heterocycles. The fourth-order valence-corrected chi connectivity index (χ4v) is 1.94. The maximum atomic E-state index is 11.9. The molecule has 0 fully saturated rings. The summed E-state index contributed by atoms with van der Waals surface area (Å²) in [5, 5.41) is 23.3. The van der Waals surface area contributed by atoms with Crippen LogP contribution in [0.1, 0.15) is 17.2 Å². The van der Waals surface area contributed by atoms with Gasteiger partial charge in [-0.2, -0.15) is 5.10 Å². The molecule has 7 heteroatoms. The summed E-state index contributed by atoms with van der Waals surface area (Å²) in [7, 11) is 2.97. The third-order valence-corrected chi connectivity index (χ3v) is 3.27. The Morgan fingerprint density at radius 1 is 1.17 bits per heavy atom. The molecule has 0 aromatic heterocycles. The third-order valence-electron chi connectivity index (χ3n) is 3.27. The van der Waals surface area contributed by atoms with E-state index in [9.17, 15) is 15.0 Å². The van der Waals surface area contributed by atoms with Crippen molar-refractivity contribution in [3.05, 3.63) is 53.6 Å². The summed E-state index contributed by atoms with van der Waals surface area (Å²) in [5.74, 6) is 0.268. The van der Waals surface area contributed by atoms with Crippen molar-refractivity contribution < 1.29 is 24.5 Å². The first kappa shape index (κ1) is 17.3. The first-order chi connectivity index (χ1) is 11.5. The van der Waals surface area contributed by atoms with Crippen molar-refractivity contribution in [2.45, 2.75) is 6.10 Å². The number of aliphatic hydroxyl groups excluding tert-OH is 1. The molecule has 3 N–H and O–H groups in total. The van der Waals surface area contributed by atoms with Gasteiger partial charge in [-0.25, -0.2) is 5.43 Å². The summed E-state index contributed by atoms with van der Waals surface area (Å²) < 4.78 is 10.00. The lowest BCUT2D eigenvalue weighted by Gasteiger charge is -2.09. The Balaban J connectivity index is 1.98. The summed E-state index contributed by atoms with van der Waals surface area (Å²) in [6.07, 6.45) is 0.0306. The van der Waals surface area contributed by atoms with Crippen LogP contribution >= 0.6 is 0 Å². The van der Waals surface area contributed by atoms with E-state index in [4.69, 9.17) is 9.47 Å². The highest BCUT2D eigenvalue weighted by Gasteiger charge is 2.16. The molecule has 1 amide bonds. The van der Waals surface area contributed by atoms with Crippen molar-refractivity contribution in [3.63, 3.8) is 0 Å². The monoisotopic (exact) mass is 330 g/mol. The van der Waals surface area contributed by atoms with Crippen molar-refractivity contribution in [2.75, 3.05) is 14.2 Å². The van der Waals surface area contributed by atoms with Gasteiger partial charge < -0.3 is 19.7 Å². The number of benzene rings is 2. The Morgan fingerprint density at radius 2 is 1.88 bits per heavy atom. The molecule has 0 aliphatic heterocycles. The van der Waals surface area contributed by atoms with Gasteiger partial charge in [0.1, 0.15) is 5.75 Å². The molecule has 0 heterocycles. The number of methoxy groups -OCH3 is 2. The Kier molecular flexibility index (Phi) is 5.75. The minimum atomic E-state index is -1.34. The zero-order valence-electron chi connectivity index (χ0n) is 13.3. The molecule has 0 aliphatic rings. The number of ether oxygens (including phenoxy) is 2. The number of rotatable bonds is 6. The Bertz CT molecular complexity index is 728. The SMILES string of the molecule is COc1ccc(C(O)C(=O)NN=Cc2ccc(O)c(OC)c2)cc1. The van der Waals surface area contributed by atoms with Crippen LogP contribution in [0.3, 0.4) is 0 Å². The van der Waals surface area contributed by atoms with Crippen LogP contribution in [0, 0.1) is 0 Å². The number of aromatic hydroxyl groups is 1. The lowest BCUT2D eigenvalue weighted by molar-refractivity contribution is -0.129. The second-order valence-electron chi connectivity index (χ2n) is 4.84. The molecule has 126 valence electrons. The average Bonchev–Trinajstić information content (AvgIpc) is 2.62. The molecule has 7 nitrogen and oxygen atoms in total. The Labute approximate surface area is 139 Å². The number of phenolic OH excluding ortho intramolecular Hbond substituents is 1. The van der Waals surface area contributed by atoms with E-state index < -0.39 is 12.0 Å². The lowest BCUT2D eigenvalue weighted by atomic mass is 10.1. The van der Waals surface area contributed by atoms with Crippen LogP contribution in [0.4, 0.5) is 0 Å². The fourth-order valence-electron chi connectivity index (χ4n) is 1.94. The standard InChI is InChI=1S/C17H18N2O5/c1-23-13-6-4-12(5-7-13)16(21)17(22)19-18-10-11-3-8-14(20)15(9-11)24-2/h3-10,16,20-21H,1-2H3,(H,19,22). The molecule has 2 aromatic rings. The Morgan fingerprint density at radius 3 is 2.50 bits per heavy atom. The second kappa shape index (κ2) is 7.98. The van der Waals surface area contributed by atoms with Crippen LogP contribution in [-0.2, 0) is 4.79 Å². The molecule has 0 saturated carbocycles. The molecule has 2 rings (SSSR count). The van der Waals surface area contributed by atoms with E-state index in [-0.39, 0.29) is 5.75 Å². The van der Waals surface area contributed by atoms with Crippen molar-refractivity contribution in [1.29, 1.82) is 0 Å². The number of hydrogen-bond donors (Lipinski definition) is 3. The topological polar surface area (TPSA) is 100 Å². The smallest absolute Gasteiger partial charge is 0.273 e. The molecular formula is C17H18N2O5.